The molecule has 5 heteroatoms. The first-order valence-electron chi connectivity index (χ1n) is 4.82. The van der Waals surface area contributed by atoms with Crippen molar-refractivity contribution in [2.75, 3.05) is 13.1 Å². The second-order valence-electron chi connectivity index (χ2n) is 3.76. The minimum absolute atomic E-state index is 0. The van der Waals surface area contributed by atoms with Gasteiger partial charge in [-0.05, 0) is 5.56 Å². The Labute approximate surface area is 99.1 Å². The molecule has 0 saturated carbocycles. The third kappa shape index (κ3) is 2.03. The van der Waals surface area contributed by atoms with Gasteiger partial charge < -0.3 is 10.4 Å². The van der Waals surface area contributed by atoms with E-state index in [-0.39, 0.29) is 19.0 Å². The first-order chi connectivity index (χ1) is 7.14. The van der Waals surface area contributed by atoms with Gasteiger partial charge in [-0.3, -0.25) is 0 Å². The fraction of sp³-hybridized carbons (Fsp3) is 0.364. The molecule has 16 heavy (non-hydrogen) atoms. The van der Waals surface area contributed by atoms with E-state index in [1.165, 1.54) is 0 Å². The molecule has 1 fully saturated rings. The van der Waals surface area contributed by atoms with Crippen molar-refractivity contribution in [2.24, 2.45) is 0 Å². The lowest BCUT2D eigenvalue weighted by molar-refractivity contribution is -0.150. The summed E-state index contributed by atoms with van der Waals surface area (Å²) in [6.07, 6.45) is 0. The van der Waals surface area contributed by atoms with Gasteiger partial charge in [-0.1, -0.05) is 30.3 Å². The molecule has 1 saturated heterocycles. The lowest BCUT2D eigenvalue weighted by Crippen LogP contribution is -2.40. The van der Waals surface area contributed by atoms with E-state index in [9.17, 15) is 9.18 Å². The zero-order chi connectivity index (χ0) is 10.9. The fourth-order valence-corrected chi connectivity index (χ4v) is 1.98. The zero-order valence-corrected chi connectivity index (χ0v) is 9.34. The minimum atomic E-state index is -2.18. The van der Waals surface area contributed by atoms with Crippen LogP contribution >= 0.6 is 12.4 Å². The van der Waals surface area contributed by atoms with E-state index in [2.05, 4.69) is 5.32 Å². The number of carboxylic acids is 1. The van der Waals surface area contributed by atoms with Crippen LogP contribution in [0.5, 0.6) is 0 Å². The van der Waals surface area contributed by atoms with Gasteiger partial charge in [-0.15, -0.1) is 12.4 Å². The molecule has 0 spiro atoms. The molecule has 2 rings (SSSR count). The Morgan fingerprint density at radius 1 is 1.44 bits per heavy atom. The monoisotopic (exact) mass is 245 g/mol. The molecule has 88 valence electrons. The molecule has 1 heterocycles. The van der Waals surface area contributed by atoms with Crippen molar-refractivity contribution in [1.82, 2.24) is 5.32 Å². The summed E-state index contributed by atoms with van der Waals surface area (Å²) in [7, 11) is 0. The molecular formula is C11H13ClFNO2. The number of hydrogen-bond donors (Lipinski definition) is 2. The lowest BCUT2D eigenvalue weighted by atomic mass is 9.86. The largest absolute Gasteiger partial charge is 0.479 e. The molecule has 1 aliphatic rings. The number of halogens is 2. The molecule has 1 aliphatic heterocycles. The van der Waals surface area contributed by atoms with Crippen LogP contribution in [0, 0.1) is 0 Å². The number of nitrogens with one attached hydrogen (secondary N) is 1. The molecule has 2 N–H and O–H groups in total. The summed E-state index contributed by atoms with van der Waals surface area (Å²) in [6.45, 7) is 0.245. The first kappa shape index (κ1) is 12.9. The van der Waals surface area contributed by atoms with Crippen LogP contribution in [-0.2, 0) is 4.79 Å². The summed E-state index contributed by atoms with van der Waals surface area (Å²) < 4.78 is 14.1. The number of aliphatic carboxylic acids is 1. The van der Waals surface area contributed by atoms with Crippen LogP contribution in [0.4, 0.5) is 4.39 Å². The maximum absolute atomic E-state index is 14.1. The Bertz CT molecular complexity index is 374. The van der Waals surface area contributed by atoms with E-state index >= 15 is 0 Å². The first-order valence-corrected chi connectivity index (χ1v) is 4.82. The Balaban J connectivity index is 0.00000128. The molecule has 0 unspecified atom stereocenters. The average molecular weight is 246 g/mol. The molecule has 0 aromatic heterocycles. The van der Waals surface area contributed by atoms with Gasteiger partial charge in [0.25, 0.3) is 0 Å². The van der Waals surface area contributed by atoms with Crippen molar-refractivity contribution in [2.45, 2.75) is 11.6 Å². The molecule has 0 amide bonds. The predicted octanol–water partition coefficient (Wildman–Crippen LogP) is 1.59. The van der Waals surface area contributed by atoms with Crippen LogP contribution in [-0.4, -0.2) is 29.8 Å². The quantitative estimate of drug-likeness (QED) is 0.832. The highest BCUT2D eigenvalue weighted by Gasteiger charge is 2.50. The highest BCUT2D eigenvalue weighted by Crippen LogP contribution is 2.35. The van der Waals surface area contributed by atoms with Gasteiger partial charge in [0, 0.05) is 19.0 Å². The molecule has 0 bridgehead atoms. The summed E-state index contributed by atoms with van der Waals surface area (Å²) >= 11 is 0. The summed E-state index contributed by atoms with van der Waals surface area (Å²) in [5, 5.41) is 11.7. The summed E-state index contributed by atoms with van der Waals surface area (Å²) in [5.74, 6) is -1.99. The van der Waals surface area contributed by atoms with Crippen LogP contribution < -0.4 is 5.32 Å². The Morgan fingerprint density at radius 3 is 2.62 bits per heavy atom. The van der Waals surface area contributed by atoms with Crippen molar-refractivity contribution in [1.29, 1.82) is 0 Å². The Morgan fingerprint density at radius 2 is 2.06 bits per heavy atom. The zero-order valence-electron chi connectivity index (χ0n) is 8.52. The molecule has 1 aromatic carbocycles. The van der Waals surface area contributed by atoms with Gasteiger partial charge in [-0.2, -0.15) is 0 Å². The smallest absolute Gasteiger partial charge is 0.343 e. The van der Waals surface area contributed by atoms with Crippen LogP contribution in [0.2, 0.25) is 0 Å². The summed E-state index contributed by atoms with van der Waals surface area (Å²) in [6, 6.07) is 8.92. The predicted molar refractivity (Wildman–Crippen MR) is 60.8 cm³/mol. The van der Waals surface area contributed by atoms with E-state index in [1.54, 1.807) is 24.3 Å². The highest BCUT2D eigenvalue weighted by molar-refractivity contribution is 5.85. The molecule has 0 aliphatic carbocycles. The van der Waals surface area contributed by atoms with E-state index in [4.69, 9.17) is 5.11 Å². The van der Waals surface area contributed by atoms with E-state index in [0.29, 0.717) is 6.54 Å². The van der Waals surface area contributed by atoms with Crippen LogP contribution in [0.15, 0.2) is 30.3 Å². The molecule has 3 nitrogen and oxygen atoms in total. The van der Waals surface area contributed by atoms with E-state index in [0.717, 1.165) is 5.56 Å². The number of carbonyl (C=O) groups is 1. The third-order valence-corrected chi connectivity index (χ3v) is 2.84. The van der Waals surface area contributed by atoms with Gasteiger partial charge >= 0.3 is 5.97 Å². The van der Waals surface area contributed by atoms with Gasteiger partial charge in [0.05, 0.1) is 0 Å². The molecule has 2 atom stereocenters. The average Bonchev–Trinajstić information content (AvgIpc) is 2.63. The summed E-state index contributed by atoms with van der Waals surface area (Å²) in [4.78, 5) is 10.9. The normalized spacial score (nSPS) is 28.4. The van der Waals surface area contributed by atoms with Crippen molar-refractivity contribution < 1.29 is 14.3 Å². The van der Waals surface area contributed by atoms with Crippen LogP contribution in [0.3, 0.4) is 0 Å². The standard InChI is InChI=1S/C11H12FNO2.ClH/c12-11(10(14)15)7-13-6-9(11)8-4-2-1-3-5-8;/h1-5,9,13H,6-7H2,(H,14,15);1H/t9-,11+;/m0./s1. The Kier molecular flexibility index (Phi) is 3.88. The lowest BCUT2D eigenvalue weighted by Gasteiger charge is -2.21. The molecule has 1 aromatic rings. The van der Waals surface area contributed by atoms with Crippen molar-refractivity contribution in [3.05, 3.63) is 35.9 Å². The van der Waals surface area contributed by atoms with Gasteiger partial charge in [0.1, 0.15) is 0 Å². The second-order valence-corrected chi connectivity index (χ2v) is 3.76. The van der Waals surface area contributed by atoms with Crippen molar-refractivity contribution in [3.8, 4) is 0 Å². The van der Waals surface area contributed by atoms with Gasteiger partial charge in [0.15, 0.2) is 0 Å². The van der Waals surface area contributed by atoms with Crippen molar-refractivity contribution >= 4 is 18.4 Å². The van der Waals surface area contributed by atoms with Gasteiger partial charge in [0.2, 0.25) is 5.67 Å². The maximum atomic E-state index is 14.1. The fourth-order valence-electron chi connectivity index (χ4n) is 1.98. The summed E-state index contributed by atoms with van der Waals surface area (Å²) in [5.41, 5.74) is -1.45. The number of carboxylic acid groups (broad SMARTS) is 1. The van der Waals surface area contributed by atoms with Crippen LogP contribution in [0.25, 0.3) is 0 Å². The Hall–Kier alpha value is -1.13. The van der Waals surface area contributed by atoms with E-state index < -0.39 is 17.6 Å². The van der Waals surface area contributed by atoms with Crippen LogP contribution in [0.1, 0.15) is 11.5 Å². The number of hydrogen-bond acceptors (Lipinski definition) is 2. The number of rotatable bonds is 2. The van der Waals surface area contributed by atoms with Crippen molar-refractivity contribution in [3.63, 3.8) is 0 Å². The molecule has 0 radical (unpaired) electrons. The molecular weight excluding hydrogens is 233 g/mol. The SMILES string of the molecule is Cl.O=C(O)[C@@]1(F)CNC[C@H]1c1ccccc1. The minimum Gasteiger partial charge on any atom is -0.479 e. The maximum Gasteiger partial charge on any atom is 0.343 e. The number of alkyl halides is 1. The third-order valence-electron chi connectivity index (χ3n) is 2.84. The van der Waals surface area contributed by atoms with E-state index in [1.807, 2.05) is 6.07 Å². The second kappa shape index (κ2) is 4.80. The van der Waals surface area contributed by atoms with Gasteiger partial charge in [-0.25, -0.2) is 9.18 Å². The topological polar surface area (TPSA) is 49.3 Å². The number of benzene rings is 1. The highest BCUT2D eigenvalue weighted by atomic mass is 35.5.